The van der Waals surface area contributed by atoms with Gasteiger partial charge >= 0.3 is 5.97 Å². The van der Waals surface area contributed by atoms with Crippen LogP contribution in [-0.4, -0.2) is 12.8 Å². The molecule has 2 aromatic rings. The number of esters is 1. The molecule has 124 valence electrons. The van der Waals surface area contributed by atoms with Gasteiger partial charge in [-0.25, -0.2) is 4.79 Å². The third-order valence-corrected chi connectivity index (χ3v) is 3.89. The van der Waals surface area contributed by atoms with Crippen LogP contribution in [0.4, 0.5) is 0 Å². The van der Waals surface area contributed by atoms with Gasteiger partial charge in [0, 0.05) is 6.08 Å². The Bertz CT molecular complexity index is 790. The number of carbonyl (C=O) groups is 1. The predicted octanol–water partition coefficient (Wildman–Crippen LogP) is 4.47. The summed E-state index contributed by atoms with van der Waals surface area (Å²) in [5.41, 5.74) is 3.23. The van der Waals surface area contributed by atoms with Crippen molar-refractivity contribution in [1.29, 1.82) is 0 Å². The summed E-state index contributed by atoms with van der Waals surface area (Å²) < 4.78 is 15.9. The summed E-state index contributed by atoms with van der Waals surface area (Å²) in [6.07, 6.45) is 3.10. The molecule has 1 aliphatic heterocycles. The molecule has 1 heterocycles. The van der Waals surface area contributed by atoms with Crippen molar-refractivity contribution in [1.82, 2.24) is 0 Å². The van der Waals surface area contributed by atoms with Gasteiger partial charge in [-0.2, -0.15) is 0 Å². The van der Waals surface area contributed by atoms with Crippen molar-refractivity contribution in [2.75, 3.05) is 6.79 Å². The maximum absolute atomic E-state index is 12.0. The van der Waals surface area contributed by atoms with Crippen LogP contribution in [0.15, 0.2) is 42.5 Å². The first-order valence-corrected chi connectivity index (χ1v) is 7.93. The van der Waals surface area contributed by atoms with E-state index in [9.17, 15) is 4.79 Å². The van der Waals surface area contributed by atoms with Gasteiger partial charge in [0.2, 0.25) is 6.79 Å². The molecule has 24 heavy (non-hydrogen) atoms. The minimum absolute atomic E-state index is 0.232. The molecule has 0 amide bonds. The Labute approximate surface area is 141 Å². The Morgan fingerprint density at radius 3 is 2.67 bits per heavy atom. The molecule has 1 aliphatic rings. The van der Waals surface area contributed by atoms with Gasteiger partial charge in [-0.1, -0.05) is 26.0 Å². The SMILES string of the molecule is Cc1cc(OC(=O)/C=C/c2ccc3c(c2)OCO3)ccc1C(C)C. The summed E-state index contributed by atoms with van der Waals surface area (Å²) in [5.74, 6) is 1.99. The van der Waals surface area contributed by atoms with E-state index < -0.39 is 5.97 Å². The highest BCUT2D eigenvalue weighted by Crippen LogP contribution is 2.32. The lowest BCUT2D eigenvalue weighted by atomic mass is 9.98. The van der Waals surface area contributed by atoms with E-state index in [2.05, 4.69) is 13.8 Å². The number of benzene rings is 2. The largest absolute Gasteiger partial charge is 0.454 e. The second-order valence-electron chi connectivity index (χ2n) is 6.04. The van der Waals surface area contributed by atoms with Gasteiger partial charge in [0.25, 0.3) is 0 Å². The van der Waals surface area contributed by atoms with E-state index in [1.165, 1.54) is 11.6 Å². The Kier molecular flexibility index (Phi) is 4.56. The maximum atomic E-state index is 12.0. The Morgan fingerprint density at radius 1 is 1.12 bits per heavy atom. The van der Waals surface area contributed by atoms with E-state index >= 15 is 0 Å². The van der Waals surface area contributed by atoms with Gasteiger partial charge in [-0.15, -0.1) is 0 Å². The molecule has 0 saturated heterocycles. The molecular formula is C20H20O4. The average Bonchev–Trinajstić information content (AvgIpc) is 3.00. The van der Waals surface area contributed by atoms with Crippen LogP contribution in [0, 0.1) is 6.92 Å². The predicted molar refractivity (Wildman–Crippen MR) is 92.5 cm³/mol. The van der Waals surface area contributed by atoms with Gasteiger partial charge in [-0.3, -0.25) is 0 Å². The molecular weight excluding hydrogens is 304 g/mol. The molecule has 0 atom stereocenters. The van der Waals surface area contributed by atoms with E-state index in [0.29, 0.717) is 17.4 Å². The number of aryl methyl sites for hydroxylation is 1. The molecule has 0 aliphatic carbocycles. The van der Waals surface area contributed by atoms with Crippen molar-refractivity contribution in [2.45, 2.75) is 26.7 Å². The number of hydrogen-bond donors (Lipinski definition) is 0. The van der Waals surface area contributed by atoms with Gasteiger partial charge in [0.05, 0.1) is 0 Å². The summed E-state index contributed by atoms with van der Waals surface area (Å²) in [5, 5.41) is 0. The average molecular weight is 324 g/mol. The molecule has 2 aromatic carbocycles. The highest BCUT2D eigenvalue weighted by Gasteiger charge is 2.12. The first kappa shape index (κ1) is 16.1. The fourth-order valence-electron chi connectivity index (χ4n) is 2.69. The normalized spacial score (nSPS) is 12.8. The molecule has 0 spiro atoms. The lowest BCUT2D eigenvalue weighted by molar-refractivity contribution is -0.128. The van der Waals surface area contributed by atoms with Crippen LogP contribution < -0.4 is 14.2 Å². The summed E-state index contributed by atoms with van der Waals surface area (Å²) in [6, 6.07) is 11.2. The highest BCUT2D eigenvalue weighted by molar-refractivity contribution is 5.88. The van der Waals surface area contributed by atoms with E-state index in [0.717, 1.165) is 16.9 Å². The van der Waals surface area contributed by atoms with Crippen molar-refractivity contribution in [2.24, 2.45) is 0 Å². The quantitative estimate of drug-likeness (QED) is 0.473. The molecule has 0 fully saturated rings. The van der Waals surface area contributed by atoms with E-state index in [1.54, 1.807) is 6.08 Å². The van der Waals surface area contributed by atoms with Gasteiger partial charge < -0.3 is 14.2 Å². The first-order valence-electron chi connectivity index (χ1n) is 7.93. The zero-order chi connectivity index (χ0) is 17.1. The standard InChI is InChI=1S/C20H20O4/c1-13(2)17-7-6-16(10-14(17)3)24-20(21)9-5-15-4-8-18-19(11-15)23-12-22-18/h4-11,13H,12H2,1-3H3/b9-5+. The number of ether oxygens (including phenoxy) is 3. The van der Waals surface area contributed by atoms with Gasteiger partial charge in [0.15, 0.2) is 11.5 Å². The maximum Gasteiger partial charge on any atom is 0.336 e. The third-order valence-electron chi connectivity index (χ3n) is 3.89. The van der Waals surface area contributed by atoms with Crippen LogP contribution >= 0.6 is 0 Å². The van der Waals surface area contributed by atoms with E-state index in [4.69, 9.17) is 14.2 Å². The monoisotopic (exact) mass is 324 g/mol. The van der Waals surface area contributed by atoms with E-state index in [1.807, 2.05) is 43.3 Å². The fourth-order valence-corrected chi connectivity index (χ4v) is 2.69. The Hall–Kier alpha value is -2.75. The molecule has 0 radical (unpaired) electrons. The number of rotatable bonds is 4. The zero-order valence-electron chi connectivity index (χ0n) is 14.0. The van der Waals surface area contributed by atoms with Crippen LogP contribution in [0.1, 0.15) is 36.5 Å². The van der Waals surface area contributed by atoms with Crippen molar-refractivity contribution in [3.63, 3.8) is 0 Å². The van der Waals surface area contributed by atoms with Crippen molar-refractivity contribution in [3.8, 4) is 17.2 Å². The lowest BCUT2D eigenvalue weighted by Gasteiger charge is -2.11. The lowest BCUT2D eigenvalue weighted by Crippen LogP contribution is -2.04. The summed E-state index contributed by atoms with van der Waals surface area (Å²) in [4.78, 5) is 12.0. The van der Waals surface area contributed by atoms with Gasteiger partial charge in [-0.05, 0) is 59.9 Å². The number of hydrogen-bond acceptors (Lipinski definition) is 4. The Balaban J connectivity index is 1.66. The zero-order valence-corrected chi connectivity index (χ0v) is 14.0. The second-order valence-corrected chi connectivity index (χ2v) is 6.04. The minimum Gasteiger partial charge on any atom is -0.454 e. The molecule has 0 N–H and O–H groups in total. The fraction of sp³-hybridized carbons (Fsp3) is 0.250. The summed E-state index contributed by atoms with van der Waals surface area (Å²) in [6.45, 7) is 6.54. The molecule has 3 rings (SSSR count). The van der Waals surface area contributed by atoms with Crippen LogP contribution in [0.3, 0.4) is 0 Å². The Morgan fingerprint density at radius 2 is 1.92 bits per heavy atom. The van der Waals surface area contributed by atoms with Crippen LogP contribution in [0.25, 0.3) is 6.08 Å². The van der Waals surface area contributed by atoms with Gasteiger partial charge in [0.1, 0.15) is 5.75 Å². The van der Waals surface area contributed by atoms with Crippen molar-refractivity contribution in [3.05, 3.63) is 59.2 Å². The molecule has 0 saturated carbocycles. The number of carbonyl (C=O) groups excluding carboxylic acids is 1. The second kappa shape index (κ2) is 6.79. The summed E-state index contributed by atoms with van der Waals surface area (Å²) >= 11 is 0. The van der Waals surface area contributed by atoms with Crippen LogP contribution in [0.5, 0.6) is 17.2 Å². The first-order chi connectivity index (χ1) is 11.5. The summed E-state index contributed by atoms with van der Waals surface area (Å²) in [7, 11) is 0. The van der Waals surface area contributed by atoms with Crippen LogP contribution in [0.2, 0.25) is 0 Å². The smallest absolute Gasteiger partial charge is 0.336 e. The molecule has 0 unspecified atom stereocenters. The number of fused-ring (bicyclic) bond motifs is 1. The topological polar surface area (TPSA) is 44.8 Å². The molecule has 4 nitrogen and oxygen atoms in total. The molecule has 0 bridgehead atoms. The van der Waals surface area contributed by atoms with E-state index in [-0.39, 0.29) is 6.79 Å². The van der Waals surface area contributed by atoms with Crippen LogP contribution in [-0.2, 0) is 4.79 Å². The van der Waals surface area contributed by atoms with Crippen molar-refractivity contribution < 1.29 is 19.0 Å². The highest BCUT2D eigenvalue weighted by atomic mass is 16.7. The third kappa shape index (κ3) is 3.59. The molecule has 0 aromatic heterocycles. The van der Waals surface area contributed by atoms with Crippen molar-refractivity contribution >= 4 is 12.0 Å². The minimum atomic E-state index is -0.413. The molecule has 4 heteroatoms.